The number of ether oxygens (including phenoxy) is 2. The minimum atomic E-state index is -1.000. The van der Waals surface area contributed by atoms with Gasteiger partial charge in [0, 0.05) is 18.5 Å². The highest BCUT2D eigenvalue weighted by Crippen LogP contribution is 2.32. The zero-order valence-electron chi connectivity index (χ0n) is 13.5. The zero-order chi connectivity index (χ0) is 17.4. The molecule has 25 heavy (non-hydrogen) atoms. The van der Waals surface area contributed by atoms with Crippen molar-refractivity contribution >= 4 is 11.9 Å². The summed E-state index contributed by atoms with van der Waals surface area (Å²) in [5.74, 6) is -0.206. The lowest BCUT2D eigenvalue weighted by molar-refractivity contribution is -0.142. The number of carboxylic acid groups (broad SMARTS) is 1. The maximum Gasteiger partial charge on any atom is 0.326 e. The molecule has 0 fully saturated rings. The minimum absolute atomic E-state index is 0.278. The highest BCUT2D eigenvalue weighted by Gasteiger charge is 2.35. The van der Waals surface area contributed by atoms with Crippen LogP contribution in [-0.4, -0.2) is 41.1 Å². The molecule has 4 rings (SSSR count). The van der Waals surface area contributed by atoms with Crippen molar-refractivity contribution in [2.24, 2.45) is 0 Å². The first-order valence-electron chi connectivity index (χ1n) is 8.13. The Morgan fingerprint density at radius 2 is 1.72 bits per heavy atom. The number of nitrogens with zero attached hydrogens (tertiary/aromatic N) is 1. The lowest BCUT2D eigenvalue weighted by Gasteiger charge is -2.34. The molecule has 6 heteroatoms. The van der Waals surface area contributed by atoms with Crippen molar-refractivity contribution in [3.8, 4) is 11.5 Å². The molecule has 2 heterocycles. The third-order valence-corrected chi connectivity index (χ3v) is 4.58. The van der Waals surface area contributed by atoms with Gasteiger partial charge in [0.2, 0.25) is 0 Å². The van der Waals surface area contributed by atoms with E-state index < -0.39 is 12.0 Å². The van der Waals surface area contributed by atoms with E-state index >= 15 is 0 Å². The predicted molar refractivity (Wildman–Crippen MR) is 88.9 cm³/mol. The fourth-order valence-electron chi connectivity index (χ4n) is 3.30. The first kappa shape index (κ1) is 15.5. The Morgan fingerprint density at radius 1 is 1.00 bits per heavy atom. The zero-order valence-corrected chi connectivity index (χ0v) is 13.5. The summed E-state index contributed by atoms with van der Waals surface area (Å²) in [6.45, 7) is 1.18. The smallest absolute Gasteiger partial charge is 0.326 e. The SMILES string of the molecule is O=C(O)C1Cc2ccccc2CN1C(=O)c1ccc2c(c1)OCCO2. The summed E-state index contributed by atoms with van der Waals surface area (Å²) >= 11 is 0. The molecule has 0 radical (unpaired) electrons. The van der Waals surface area contributed by atoms with Gasteiger partial charge in [-0.1, -0.05) is 24.3 Å². The molecule has 6 nitrogen and oxygen atoms in total. The van der Waals surface area contributed by atoms with E-state index in [2.05, 4.69) is 0 Å². The fourth-order valence-corrected chi connectivity index (χ4v) is 3.30. The highest BCUT2D eigenvalue weighted by atomic mass is 16.6. The lowest BCUT2D eigenvalue weighted by atomic mass is 9.93. The maximum absolute atomic E-state index is 13.0. The first-order chi connectivity index (χ1) is 12.1. The molecule has 2 aromatic carbocycles. The third kappa shape index (κ3) is 2.80. The average molecular weight is 339 g/mol. The Labute approximate surface area is 144 Å². The van der Waals surface area contributed by atoms with Gasteiger partial charge < -0.3 is 19.5 Å². The highest BCUT2D eigenvalue weighted by molar-refractivity contribution is 5.97. The van der Waals surface area contributed by atoms with E-state index in [9.17, 15) is 14.7 Å². The van der Waals surface area contributed by atoms with Crippen LogP contribution in [0.5, 0.6) is 11.5 Å². The molecule has 0 bridgehead atoms. The summed E-state index contributed by atoms with van der Waals surface area (Å²) in [6, 6.07) is 11.7. The molecule has 0 aromatic heterocycles. The number of fused-ring (bicyclic) bond motifs is 2. The normalized spacial score (nSPS) is 18.4. The van der Waals surface area contributed by atoms with Gasteiger partial charge in [-0.25, -0.2) is 4.79 Å². The number of amides is 1. The summed E-state index contributed by atoms with van der Waals surface area (Å²) in [5.41, 5.74) is 2.35. The predicted octanol–water partition coefficient (Wildman–Crippen LogP) is 2.11. The molecule has 0 aliphatic carbocycles. The second-order valence-electron chi connectivity index (χ2n) is 6.12. The van der Waals surface area contributed by atoms with Crippen LogP contribution in [0.25, 0.3) is 0 Å². The Balaban J connectivity index is 1.67. The number of aliphatic carboxylic acids is 1. The van der Waals surface area contributed by atoms with Crippen molar-refractivity contribution in [1.82, 2.24) is 4.90 Å². The van der Waals surface area contributed by atoms with Crippen LogP contribution in [0.4, 0.5) is 0 Å². The molecular weight excluding hydrogens is 322 g/mol. The fraction of sp³-hybridized carbons (Fsp3) is 0.263. The summed E-state index contributed by atoms with van der Waals surface area (Å²) in [7, 11) is 0. The number of benzene rings is 2. The number of carbonyl (C=O) groups is 2. The van der Waals surface area contributed by atoms with Crippen LogP contribution in [-0.2, 0) is 17.8 Å². The van der Waals surface area contributed by atoms with Gasteiger partial charge in [0.1, 0.15) is 19.3 Å². The molecule has 2 aromatic rings. The van der Waals surface area contributed by atoms with Gasteiger partial charge in [0.25, 0.3) is 5.91 Å². The molecule has 0 saturated heterocycles. The van der Waals surface area contributed by atoms with Gasteiger partial charge in [0.15, 0.2) is 11.5 Å². The van der Waals surface area contributed by atoms with E-state index in [0.29, 0.717) is 36.7 Å². The molecule has 1 atom stereocenters. The molecule has 0 saturated carbocycles. The topological polar surface area (TPSA) is 76.1 Å². The summed E-state index contributed by atoms with van der Waals surface area (Å²) < 4.78 is 11.0. The molecule has 1 N–H and O–H groups in total. The van der Waals surface area contributed by atoms with Crippen molar-refractivity contribution in [2.75, 3.05) is 13.2 Å². The Bertz CT molecular complexity index is 847. The van der Waals surface area contributed by atoms with E-state index in [4.69, 9.17) is 9.47 Å². The van der Waals surface area contributed by atoms with E-state index in [1.54, 1.807) is 18.2 Å². The molecule has 0 spiro atoms. The van der Waals surface area contributed by atoms with Crippen LogP contribution in [0.3, 0.4) is 0 Å². The van der Waals surface area contributed by atoms with Gasteiger partial charge in [-0.05, 0) is 29.3 Å². The standard InChI is InChI=1S/C19H17NO5/c21-18(13-5-6-16-17(10-13)25-8-7-24-16)20-11-14-4-2-1-3-12(14)9-15(20)19(22)23/h1-6,10,15H,7-9,11H2,(H,22,23). The van der Waals surface area contributed by atoms with Crippen LogP contribution in [0.15, 0.2) is 42.5 Å². The average Bonchev–Trinajstić information content (AvgIpc) is 2.66. The van der Waals surface area contributed by atoms with Crippen LogP contribution >= 0.6 is 0 Å². The van der Waals surface area contributed by atoms with Crippen molar-refractivity contribution in [1.29, 1.82) is 0 Å². The Hall–Kier alpha value is -3.02. The van der Waals surface area contributed by atoms with Gasteiger partial charge >= 0.3 is 5.97 Å². The lowest BCUT2D eigenvalue weighted by Crippen LogP contribution is -2.48. The number of hydrogen-bond donors (Lipinski definition) is 1. The van der Waals surface area contributed by atoms with Crippen LogP contribution in [0.2, 0.25) is 0 Å². The molecule has 2 aliphatic rings. The van der Waals surface area contributed by atoms with Crippen molar-refractivity contribution in [3.05, 3.63) is 59.2 Å². The largest absolute Gasteiger partial charge is 0.486 e. The molecule has 128 valence electrons. The monoisotopic (exact) mass is 339 g/mol. The van der Waals surface area contributed by atoms with Gasteiger partial charge in [-0.15, -0.1) is 0 Å². The number of hydrogen-bond acceptors (Lipinski definition) is 4. The van der Waals surface area contributed by atoms with E-state index in [0.717, 1.165) is 11.1 Å². The van der Waals surface area contributed by atoms with E-state index in [-0.39, 0.29) is 12.5 Å². The summed E-state index contributed by atoms with van der Waals surface area (Å²) in [4.78, 5) is 26.1. The van der Waals surface area contributed by atoms with Crippen LogP contribution < -0.4 is 9.47 Å². The second-order valence-corrected chi connectivity index (χ2v) is 6.12. The van der Waals surface area contributed by atoms with Crippen molar-refractivity contribution in [3.63, 3.8) is 0 Å². The summed E-state index contributed by atoms with van der Waals surface area (Å²) in [5, 5.41) is 9.58. The first-order valence-corrected chi connectivity index (χ1v) is 8.13. The molecule has 1 unspecified atom stereocenters. The number of carboxylic acids is 1. The van der Waals surface area contributed by atoms with Gasteiger partial charge in [0.05, 0.1) is 0 Å². The Morgan fingerprint density at radius 3 is 2.48 bits per heavy atom. The van der Waals surface area contributed by atoms with E-state index in [1.165, 1.54) is 4.90 Å². The Kier molecular flexibility index (Phi) is 3.80. The number of rotatable bonds is 2. The molecule has 2 aliphatic heterocycles. The van der Waals surface area contributed by atoms with Gasteiger partial charge in [-0.3, -0.25) is 4.79 Å². The van der Waals surface area contributed by atoms with Crippen molar-refractivity contribution in [2.45, 2.75) is 19.0 Å². The minimum Gasteiger partial charge on any atom is -0.486 e. The maximum atomic E-state index is 13.0. The third-order valence-electron chi connectivity index (χ3n) is 4.58. The van der Waals surface area contributed by atoms with Crippen LogP contribution in [0.1, 0.15) is 21.5 Å². The molecular formula is C19H17NO5. The van der Waals surface area contributed by atoms with Crippen molar-refractivity contribution < 1.29 is 24.2 Å². The van der Waals surface area contributed by atoms with E-state index in [1.807, 2.05) is 24.3 Å². The number of carbonyl (C=O) groups excluding carboxylic acids is 1. The second kappa shape index (κ2) is 6.12. The molecule has 1 amide bonds. The summed E-state index contributed by atoms with van der Waals surface area (Å²) in [6.07, 6.45) is 0.307. The van der Waals surface area contributed by atoms with Crippen LogP contribution in [0, 0.1) is 0 Å². The van der Waals surface area contributed by atoms with Gasteiger partial charge in [-0.2, -0.15) is 0 Å². The quantitative estimate of drug-likeness (QED) is 0.907.